The largest absolute Gasteiger partial charge is 0.350 e. The Morgan fingerprint density at radius 1 is 1.23 bits per heavy atom. The number of nitrogens with zero attached hydrogens (tertiary/aromatic N) is 1. The van der Waals surface area contributed by atoms with Crippen molar-refractivity contribution in [2.24, 2.45) is 0 Å². The number of aryl methyl sites for hydroxylation is 2. The van der Waals surface area contributed by atoms with Gasteiger partial charge in [0.05, 0.1) is 29.1 Å². The maximum atomic E-state index is 13.8. The van der Waals surface area contributed by atoms with Crippen LogP contribution in [-0.4, -0.2) is 33.7 Å². The molecule has 0 aliphatic carbocycles. The van der Waals surface area contributed by atoms with Crippen LogP contribution in [0.25, 0.3) is 0 Å². The summed E-state index contributed by atoms with van der Waals surface area (Å²) >= 11 is 5.86. The molecule has 0 fully saturated rings. The monoisotopic (exact) mass is 398 g/mol. The highest BCUT2D eigenvalue weighted by Gasteiger charge is 2.20. The molecule has 0 radical (unpaired) electrons. The van der Waals surface area contributed by atoms with Crippen LogP contribution in [0.4, 0.5) is 10.1 Å². The van der Waals surface area contributed by atoms with E-state index in [2.05, 4.69) is 5.32 Å². The second kappa shape index (κ2) is 8.05. The molecule has 0 unspecified atom stereocenters. The van der Waals surface area contributed by atoms with Crippen LogP contribution >= 0.6 is 11.6 Å². The van der Waals surface area contributed by atoms with Crippen molar-refractivity contribution in [3.05, 3.63) is 63.9 Å². The Hall–Kier alpha value is -2.12. The average molecular weight is 399 g/mol. The molecule has 140 valence electrons. The number of benzene rings is 2. The average Bonchev–Trinajstić information content (AvgIpc) is 2.51. The first-order chi connectivity index (χ1) is 12.1. The molecule has 0 atom stereocenters. The number of amides is 1. The Kier molecular flexibility index (Phi) is 6.26. The minimum atomic E-state index is -3.55. The summed E-state index contributed by atoms with van der Waals surface area (Å²) < 4.78 is 39.3. The molecular formula is C18H20ClFN2O3S. The smallest absolute Gasteiger partial charge is 0.255 e. The van der Waals surface area contributed by atoms with Gasteiger partial charge in [-0.25, -0.2) is 12.8 Å². The lowest BCUT2D eigenvalue weighted by Crippen LogP contribution is -2.38. The molecule has 26 heavy (non-hydrogen) atoms. The molecule has 0 saturated heterocycles. The lowest BCUT2D eigenvalue weighted by atomic mass is 10.1. The first-order valence-corrected chi connectivity index (χ1v) is 10.1. The van der Waals surface area contributed by atoms with Gasteiger partial charge in [-0.15, -0.1) is 0 Å². The zero-order chi connectivity index (χ0) is 19.5. The van der Waals surface area contributed by atoms with Crippen molar-refractivity contribution in [3.63, 3.8) is 0 Å². The van der Waals surface area contributed by atoms with Crippen LogP contribution in [0.3, 0.4) is 0 Å². The molecule has 2 rings (SSSR count). The van der Waals surface area contributed by atoms with E-state index in [-0.39, 0.29) is 23.7 Å². The fourth-order valence-corrected chi connectivity index (χ4v) is 3.86. The molecule has 0 heterocycles. The molecule has 0 aliphatic rings. The third kappa shape index (κ3) is 4.74. The maximum Gasteiger partial charge on any atom is 0.255 e. The van der Waals surface area contributed by atoms with Gasteiger partial charge in [-0.05, 0) is 37.6 Å². The number of sulfonamides is 1. The van der Waals surface area contributed by atoms with Crippen molar-refractivity contribution in [2.75, 3.05) is 23.7 Å². The van der Waals surface area contributed by atoms with Crippen molar-refractivity contribution in [3.8, 4) is 0 Å². The summed E-state index contributed by atoms with van der Waals surface area (Å²) in [5.41, 5.74) is 2.10. The lowest BCUT2D eigenvalue weighted by Gasteiger charge is -2.24. The predicted molar refractivity (Wildman–Crippen MR) is 102 cm³/mol. The van der Waals surface area contributed by atoms with Crippen LogP contribution in [0, 0.1) is 19.7 Å². The van der Waals surface area contributed by atoms with Crippen molar-refractivity contribution in [1.29, 1.82) is 0 Å². The van der Waals surface area contributed by atoms with E-state index in [1.165, 1.54) is 16.4 Å². The van der Waals surface area contributed by atoms with Crippen LogP contribution < -0.4 is 9.62 Å². The summed E-state index contributed by atoms with van der Waals surface area (Å²) in [5, 5.41) is 2.51. The molecule has 2 aromatic rings. The van der Waals surface area contributed by atoms with Crippen molar-refractivity contribution in [1.82, 2.24) is 5.32 Å². The second-order valence-corrected chi connectivity index (χ2v) is 8.29. The third-order valence-electron chi connectivity index (χ3n) is 3.81. The molecule has 5 nitrogen and oxygen atoms in total. The lowest BCUT2D eigenvalue weighted by molar-refractivity contribution is 0.0951. The van der Waals surface area contributed by atoms with Gasteiger partial charge in [-0.3, -0.25) is 9.10 Å². The van der Waals surface area contributed by atoms with E-state index in [0.717, 1.165) is 23.4 Å². The Morgan fingerprint density at radius 2 is 1.92 bits per heavy atom. The van der Waals surface area contributed by atoms with Gasteiger partial charge < -0.3 is 5.32 Å². The van der Waals surface area contributed by atoms with Crippen molar-refractivity contribution in [2.45, 2.75) is 13.8 Å². The zero-order valence-electron chi connectivity index (χ0n) is 14.7. The van der Waals surface area contributed by atoms with Gasteiger partial charge in [0.25, 0.3) is 5.91 Å². The Labute approximate surface area is 157 Å². The van der Waals surface area contributed by atoms with Crippen LogP contribution in [0.15, 0.2) is 36.4 Å². The fraction of sp³-hybridized carbons (Fsp3) is 0.278. The van der Waals surface area contributed by atoms with E-state index < -0.39 is 21.7 Å². The standard InChI is InChI=1S/C18H20ClFN2O3S/c1-12-7-8-16(13(2)11-12)22(26(3,24)25)10-9-21-18(23)17-14(19)5-4-6-15(17)20/h4-8,11H,9-10H2,1-3H3,(H,21,23). The molecular weight excluding hydrogens is 379 g/mol. The highest BCUT2D eigenvalue weighted by molar-refractivity contribution is 7.92. The highest BCUT2D eigenvalue weighted by atomic mass is 35.5. The molecule has 0 aromatic heterocycles. The minimum absolute atomic E-state index is 0.00292. The summed E-state index contributed by atoms with van der Waals surface area (Å²) in [5.74, 6) is -1.42. The molecule has 8 heteroatoms. The van der Waals surface area contributed by atoms with Gasteiger partial charge >= 0.3 is 0 Å². The summed E-state index contributed by atoms with van der Waals surface area (Å²) in [7, 11) is -3.55. The fourth-order valence-electron chi connectivity index (χ4n) is 2.62. The maximum absolute atomic E-state index is 13.8. The summed E-state index contributed by atoms with van der Waals surface area (Å²) in [6, 6.07) is 9.38. The third-order valence-corrected chi connectivity index (χ3v) is 5.31. The Balaban J connectivity index is 2.15. The van der Waals surface area contributed by atoms with Gasteiger partial charge in [0.2, 0.25) is 10.0 Å². The van der Waals surface area contributed by atoms with E-state index in [1.54, 1.807) is 6.07 Å². The number of hydrogen-bond donors (Lipinski definition) is 1. The molecule has 0 aliphatic heterocycles. The minimum Gasteiger partial charge on any atom is -0.350 e. The van der Waals surface area contributed by atoms with Gasteiger partial charge in [-0.2, -0.15) is 0 Å². The van der Waals surface area contributed by atoms with Gasteiger partial charge in [0.1, 0.15) is 5.82 Å². The van der Waals surface area contributed by atoms with E-state index in [9.17, 15) is 17.6 Å². The van der Waals surface area contributed by atoms with Gasteiger partial charge in [0.15, 0.2) is 0 Å². The quantitative estimate of drug-likeness (QED) is 0.811. The van der Waals surface area contributed by atoms with E-state index in [1.807, 2.05) is 26.0 Å². The van der Waals surface area contributed by atoms with Crippen molar-refractivity contribution >= 4 is 33.2 Å². The first kappa shape index (κ1) is 20.2. The SMILES string of the molecule is Cc1ccc(N(CCNC(=O)c2c(F)cccc2Cl)S(C)(=O)=O)c(C)c1. The molecule has 1 N–H and O–H groups in total. The topological polar surface area (TPSA) is 66.5 Å². The zero-order valence-corrected chi connectivity index (χ0v) is 16.3. The van der Waals surface area contributed by atoms with E-state index in [0.29, 0.717) is 5.69 Å². The summed E-state index contributed by atoms with van der Waals surface area (Å²) in [6.07, 6.45) is 1.10. The van der Waals surface area contributed by atoms with Gasteiger partial charge in [-0.1, -0.05) is 35.4 Å². The first-order valence-electron chi connectivity index (χ1n) is 7.88. The van der Waals surface area contributed by atoms with Crippen LogP contribution in [-0.2, 0) is 10.0 Å². The number of carbonyl (C=O) groups is 1. The van der Waals surface area contributed by atoms with Crippen LogP contribution in [0.5, 0.6) is 0 Å². The molecule has 0 spiro atoms. The van der Waals surface area contributed by atoms with Crippen LogP contribution in [0.1, 0.15) is 21.5 Å². The van der Waals surface area contributed by atoms with E-state index in [4.69, 9.17) is 11.6 Å². The number of nitrogens with one attached hydrogen (secondary N) is 1. The van der Waals surface area contributed by atoms with Crippen molar-refractivity contribution < 1.29 is 17.6 Å². The number of anilines is 1. The number of carbonyl (C=O) groups excluding carboxylic acids is 1. The molecule has 2 aromatic carbocycles. The van der Waals surface area contributed by atoms with Crippen LogP contribution in [0.2, 0.25) is 5.02 Å². The Morgan fingerprint density at radius 3 is 2.50 bits per heavy atom. The molecule has 0 saturated carbocycles. The Bertz CT molecular complexity index is 912. The number of halogens is 2. The number of hydrogen-bond acceptors (Lipinski definition) is 3. The normalized spacial score (nSPS) is 11.3. The predicted octanol–water partition coefficient (Wildman–Crippen LogP) is 3.29. The molecule has 1 amide bonds. The highest BCUT2D eigenvalue weighted by Crippen LogP contribution is 2.23. The second-order valence-electron chi connectivity index (χ2n) is 5.98. The molecule has 0 bridgehead atoms. The van der Waals surface area contributed by atoms with E-state index >= 15 is 0 Å². The summed E-state index contributed by atoms with van der Waals surface area (Å²) in [4.78, 5) is 12.2. The number of rotatable bonds is 6. The van der Waals surface area contributed by atoms with Gasteiger partial charge in [0, 0.05) is 6.54 Å². The summed E-state index contributed by atoms with van der Waals surface area (Å²) in [6.45, 7) is 3.75.